The number of rotatable bonds is 3. The molecule has 0 atom stereocenters. The van der Waals surface area contributed by atoms with E-state index in [0.29, 0.717) is 0 Å². The van der Waals surface area contributed by atoms with E-state index in [9.17, 15) is 0 Å². The number of aromatic nitrogens is 4. The molecule has 0 bridgehead atoms. The third-order valence-corrected chi connectivity index (χ3v) is 13.1. The summed E-state index contributed by atoms with van der Waals surface area (Å²) in [6.45, 7) is 4.75. The molecule has 13 rings (SSSR count). The normalized spacial score (nSPS) is 13.4. The molecule has 0 aliphatic heterocycles. The molecule has 0 fully saturated rings. The molecule has 0 amide bonds. The summed E-state index contributed by atoms with van der Waals surface area (Å²) in [6, 6.07) is 65.9. The molecule has 4 nitrogen and oxygen atoms in total. The predicted molar refractivity (Wildman–Crippen MR) is 246 cm³/mol. The summed E-state index contributed by atoms with van der Waals surface area (Å²) in [5.74, 6) is 0.818. The molecule has 0 N–H and O–H groups in total. The van der Waals surface area contributed by atoms with E-state index in [1.54, 1.807) is 0 Å². The molecule has 59 heavy (non-hydrogen) atoms. The van der Waals surface area contributed by atoms with Crippen LogP contribution in [0.5, 0.6) is 0 Å². The highest BCUT2D eigenvalue weighted by Crippen LogP contribution is 2.52. The van der Waals surface area contributed by atoms with Crippen LogP contribution in [0.25, 0.3) is 110 Å². The third-order valence-electron chi connectivity index (χ3n) is 13.1. The summed E-state index contributed by atoms with van der Waals surface area (Å²) in [6.07, 6.45) is 0. The fourth-order valence-electron chi connectivity index (χ4n) is 10.6. The zero-order chi connectivity index (χ0) is 39.0. The maximum absolute atomic E-state index is 5.74. The lowest BCUT2D eigenvalue weighted by molar-refractivity contribution is 0.656. The van der Waals surface area contributed by atoms with Crippen LogP contribution >= 0.6 is 0 Å². The fraction of sp³-hybridized carbons (Fsp3) is 0.0545. The van der Waals surface area contributed by atoms with Crippen LogP contribution in [0.15, 0.2) is 182 Å². The van der Waals surface area contributed by atoms with Crippen molar-refractivity contribution in [2.24, 2.45) is 0 Å². The van der Waals surface area contributed by atoms with E-state index in [0.717, 1.165) is 49.9 Å². The van der Waals surface area contributed by atoms with E-state index >= 15 is 0 Å². The summed E-state index contributed by atoms with van der Waals surface area (Å²) < 4.78 is 4.89. The van der Waals surface area contributed by atoms with Crippen LogP contribution in [0.1, 0.15) is 25.0 Å². The number of para-hydroxylation sites is 2. The highest BCUT2D eigenvalue weighted by molar-refractivity contribution is 6.29. The Morgan fingerprint density at radius 3 is 1.58 bits per heavy atom. The van der Waals surface area contributed by atoms with Crippen molar-refractivity contribution in [2.75, 3.05) is 0 Å². The van der Waals surface area contributed by atoms with E-state index in [1.165, 1.54) is 71.3 Å². The van der Waals surface area contributed by atoms with E-state index in [4.69, 9.17) is 9.97 Å². The van der Waals surface area contributed by atoms with Crippen LogP contribution in [-0.2, 0) is 5.41 Å². The number of hydrogen-bond donors (Lipinski definition) is 0. The Kier molecular flexibility index (Phi) is 6.48. The van der Waals surface area contributed by atoms with Gasteiger partial charge in [-0.2, -0.15) is 0 Å². The molecule has 3 heterocycles. The molecule has 0 spiro atoms. The van der Waals surface area contributed by atoms with Gasteiger partial charge in [0, 0.05) is 43.3 Å². The number of hydrogen-bond acceptors (Lipinski definition) is 2. The van der Waals surface area contributed by atoms with Gasteiger partial charge in [-0.1, -0.05) is 166 Å². The quantitative estimate of drug-likeness (QED) is 0.169. The maximum atomic E-state index is 5.74. The molecular weight excluding hydrogens is 717 g/mol. The first kappa shape index (κ1) is 32.5. The molecule has 0 saturated heterocycles. The predicted octanol–water partition coefficient (Wildman–Crippen LogP) is 14.1. The SMILES string of the molecule is CC1(C)c2ccccc2-c2cccc(-n3c4ccccc4c4c5c6ccccc6n(-c6nc7c8ccccc8c8ccccc8c7nc6-c6ccccc6)c5ccc43)c21. The second kappa shape index (κ2) is 11.7. The minimum absolute atomic E-state index is 0.168. The van der Waals surface area contributed by atoms with Gasteiger partial charge in [0.15, 0.2) is 5.82 Å². The summed E-state index contributed by atoms with van der Waals surface area (Å²) in [7, 11) is 0. The standard InChI is InChI=1S/C55H36N4/c1-55(2)42-27-13-10-21-36(42)37-26-16-30-47(50(37)55)58-43-28-14-11-24-40(43)48-45(58)31-32-46-49(48)41-25-12-15-29-44(41)59(46)54-51(33-17-4-3-5-18-33)56-52-38-22-8-6-19-34(38)35-20-7-9-23-39(35)53(52)57-54/h3-32H,1-2H3. The molecule has 4 heteroatoms. The monoisotopic (exact) mass is 752 g/mol. The van der Waals surface area contributed by atoms with Crippen LogP contribution in [0.2, 0.25) is 0 Å². The van der Waals surface area contributed by atoms with Crippen LogP contribution in [0, 0.1) is 0 Å². The largest absolute Gasteiger partial charge is 0.309 e. The van der Waals surface area contributed by atoms with Crippen molar-refractivity contribution in [2.45, 2.75) is 19.3 Å². The van der Waals surface area contributed by atoms with E-state index in [2.05, 4.69) is 205 Å². The van der Waals surface area contributed by atoms with Crippen LogP contribution in [0.3, 0.4) is 0 Å². The topological polar surface area (TPSA) is 35.6 Å². The van der Waals surface area contributed by atoms with E-state index in [-0.39, 0.29) is 5.41 Å². The van der Waals surface area contributed by atoms with Crippen molar-refractivity contribution in [1.82, 2.24) is 19.1 Å². The van der Waals surface area contributed by atoms with Gasteiger partial charge in [0.1, 0.15) is 5.69 Å². The lowest BCUT2D eigenvalue weighted by Gasteiger charge is -2.25. The van der Waals surface area contributed by atoms with Gasteiger partial charge in [0.2, 0.25) is 0 Å². The number of benzene rings is 9. The van der Waals surface area contributed by atoms with Gasteiger partial charge in [-0.05, 0) is 63.4 Å². The summed E-state index contributed by atoms with van der Waals surface area (Å²) in [5.41, 5.74) is 14.7. The molecule has 12 aromatic rings. The van der Waals surface area contributed by atoms with Crippen molar-refractivity contribution in [3.05, 3.63) is 193 Å². The van der Waals surface area contributed by atoms with Crippen LogP contribution in [-0.4, -0.2) is 19.1 Å². The molecular formula is C55H36N4. The number of fused-ring (bicyclic) bond motifs is 16. The molecule has 0 radical (unpaired) electrons. The average Bonchev–Trinajstić information content (AvgIpc) is 3.89. The summed E-state index contributed by atoms with van der Waals surface area (Å²) >= 11 is 0. The minimum Gasteiger partial charge on any atom is -0.309 e. The van der Waals surface area contributed by atoms with Gasteiger partial charge in [-0.3, -0.25) is 4.57 Å². The molecule has 3 aromatic heterocycles. The second-order valence-electron chi connectivity index (χ2n) is 16.5. The third kappa shape index (κ3) is 4.27. The molecule has 9 aromatic carbocycles. The highest BCUT2D eigenvalue weighted by atomic mass is 15.1. The Hall–Kier alpha value is -7.56. The smallest absolute Gasteiger partial charge is 0.165 e. The number of nitrogens with zero attached hydrogens (tertiary/aromatic N) is 4. The Morgan fingerprint density at radius 1 is 0.390 bits per heavy atom. The average molecular weight is 753 g/mol. The van der Waals surface area contributed by atoms with Gasteiger partial charge in [-0.25, -0.2) is 9.97 Å². The Bertz CT molecular complexity index is 3750. The summed E-state index contributed by atoms with van der Waals surface area (Å²) in [4.78, 5) is 11.4. The Balaban J connectivity index is 1.18. The first-order chi connectivity index (χ1) is 29.1. The van der Waals surface area contributed by atoms with Gasteiger partial charge >= 0.3 is 0 Å². The van der Waals surface area contributed by atoms with E-state index < -0.39 is 0 Å². The molecule has 276 valence electrons. The van der Waals surface area contributed by atoms with E-state index in [1.807, 2.05) is 0 Å². The lowest BCUT2D eigenvalue weighted by Crippen LogP contribution is -2.17. The van der Waals surface area contributed by atoms with Crippen LogP contribution < -0.4 is 0 Å². The first-order valence-electron chi connectivity index (χ1n) is 20.4. The fourth-order valence-corrected chi connectivity index (χ4v) is 10.6. The minimum atomic E-state index is -0.168. The van der Waals surface area contributed by atoms with Crippen molar-refractivity contribution in [1.29, 1.82) is 0 Å². The Morgan fingerprint density at radius 2 is 0.898 bits per heavy atom. The van der Waals surface area contributed by atoms with Gasteiger partial charge < -0.3 is 4.57 Å². The van der Waals surface area contributed by atoms with Crippen molar-refractivity contribution < 1.29 is 0 Å². The van der Waals surface area contributed by atoms with Gasteiger partial charge in [0.25, 0.3) is 0 Å². The zero-order valence-electron chi connectivity index (χ0n) is 32.6. The van der Waals surface area contributed by atoms with Crippen LogP contribution in [0.4, 0.5) is 0 Å². The van der Waals surface area contributed by atoms with Crippen molar-refractivity contribution in [3.8, 4) is 33.9 Å². The molecule has 1 aliphatic rings. The second-order valence-corrected chi connectivity index (χ2v) is 16.5. The molecule has 0 unspecified atom stereocenters. The summed E-state index contributed by atoms with van der Waals surface area (Å²) in [5, 5.41) is 9.44. The first-order valence-corrected chi connectivity index (χ1v) is 20.4. The van der Waals surface area contributed by atoms with Gasteiger partial charge in [-0.15, -0.1) is 0 Å². The van der Waals surface area contributed by atoms with Crippen molar-refractivity contribution >= 4 is 76.2 Å². The Labute approximate surface area is 340 Å². The van der Waals surface area contributed by atoms with Crippen molar-refractivity contribution in [3.63, 3.8) is 0 Å². The van der Waals surface area contributed by atoms with Gasteiger partial charge in [0.05, 0.1) is 38.8 Å². The zero-order valence-corrected chi connectivity index (χ0v) is 32.6. The maximum Gasteiger partial charge on any atom is 0.165 e. The lowest BCUT2D eigenvalue weighted by atomic mass is 9.81. The molecule has 1 aliphatic carbocycles. The highest BCUT2D eigenvalue weighted by Gasteiger charge is 2.38. The molecule has 0 saturated carbocycles.